The summed E-state index contributed by atoms with van der Waals surface area (Å²) in [4.78, 5) is 38.9. The Labute approximate surface area is 177 Å². The van der Waals surface area contributed by atoms with Crippen molar-refractivity contribution in [2.45, 2.75) is 40.2 Å². The van der Waals surface area contributed by atoms with Crippen molar-refractivity contribution in [2.24, 2.45) is 0 Å². The van der Waals surface area contributed by atoms with Crippen molar-refractivity contribution in [1.29, 1.82) is 0 Å². The smallest absolute Gasteiger partial charge is 0.325 e. The molecule has 0 saturated carbocycles. The molecule has 7 heteroatoms. The van der Waals surface area contributed by atoms with Crippen LogP contribution in [0, 0.1) is 13.8 Å². The second-order valence-electron chi connectivity index (χ2n) is 7.32. The van der Waals surface area contributed by atoms with Crippen LogP contribution in [0.1, 0.15) is 31.4 Å². The number of benzene rings is 2. The topological polar surface area (TPSA) is 90.5 Å². The number of hydrogen-bond donors (Lipinski definition) is 3. The van der Waals surface area contributed by atoms with Gasteiger partial charge in [-0.05, 0) is 57.5 Å². The molecule has 3 N–H and O–H groups in total. The highest BCUT2D eigenvalue weighted by Gasteiger charge is 2.23. The Morgan fingerprint density at radius 3 is 2.33 bits per heavy atom. The fourth-order valence-electron chi connectivity index (χ4n) is 3.09. The molecule has 2 rings (SSSR count). The van der Waals surface area contributed by atoms with E-state index in [0.29, 0.717) is 17.9 Å². The maximum atomic E-state index is 12.6. The van der Waals surface area contributed by atoms with Crippen molar-refractivity contribution in [2.75, 3.05) is 23.7 Å². The van der Waals surface area contributed by atoms with Crippen LogP contribution in [0.3, 0.4) is 0 Å². The Bertz CT molecular complexity index is 883. The molecule has 0 aromatic heterocycles. The fourth-order valence-corrected chi connectivity index (χ4v) is 3.09. The lowest BCUT2D eigenvalue weighted by atomic mass is 10.1. The normalized spacial score (nSPS) is 11.6. The zero-order valence-corrected chi connectivity index (χ0v) is 18.0. The number of urea groups is 1. The quantitative estimate of drug-likeness (QED) is 0.619. The van der Waals surface area contributed by atoms with Crippen LogP contribution in [0.5, 0.6) is 0 Å². The van der Waals surface area contributed by atoms with E-state index in [9.17, 15) is 14.4 Å². The highest BCUT2D eigenvalue weighted by Crippen LogP contribution is 2.15. The van der Waals surface area contributed by atoms with Crippen LogP contribution >= 0.6 is 0 Å². The lowest BCUT2D eigenvalue weighted by Gasteiger charge is -2.27. The summed E-state index contributed by atoms with van der Waals surface area (Å²) < 4.78 is 0. The van der Waals surface area contributed by atoms with E-state index in [1.54, 1.807) is 30.0 Å². The van der Waals surface area contributed by atoms with E-state index in [4.69, 9.17) is 0 Å². The SMILES string of the molecule is CCCN(CC(=O)NC(=O)Nc1ccc(C)cc1C)C(C)C(=O)Nc1ccccc1. The molecule has 0 aliphatic carbocycles. The van der Waals surface area contributed by atoms with Gasteiger partial charge in [-0.15, -0.1) is 0 Å². The summed E-state index contributed by atoms with van der Waals surface area (Å²) in [6.45, 7) is 8.07. The molecular weight excluding hydrogens is 380 g/mol. The van der Waals surface area contributed by atoms with E-state index >= 15 is 0 Å². The van der Waals surface area contributed by atoms with Crippen LogP contribution in [0.25, 0.3) is 0 Å². The first-order chi connectivity index (χ1) is 14.3. The zero-order chi connectivity index (χ0) is 22.1. The molecule has 4 amide bonds. The molecule has 0 bridgehead atoms. The van der Waals surface area contributed by atoms with Gasteiger partial charge in [-0.1, -0.05) is 42.8 Å². The van der Waals surface area contributed by atoms with Gasteiger partial charge < -0.3 is 10.6 Å². The third-order valence-corrected chi connectivity index (χ3v) is 4.71. The van der Waals surface area contributed by atoms with Gasteiger partial charge in [-0.3, -0.25) is 19.8 Å². The number of carbonyl (C=O) groups excluding carboxylic acids is 3. The second kappa shape index (κ2) is 11.1. The number of rotatable bonds is 8. The predicted molar refractivity (Wildman–Crippen MR) is 119 cm³/mol. The van der Waals surface area contributed by atoms with E-state index in [2.05, 4.69) is 16.0 Å². The minimum absolute atomic E-state index is 0.0580. The molecule has 0 heterocycles. The molecule has 2 aromatic rings. The van der Waals surface area contributed by atoms with Crippen molar-refractivity contribution < 1.29 is 14.4 Å². The molecule has 1 atom stereocenters. The Morgan fingerprint density at radius 2 is 1.70 bits per heavy atom. The monoisotopic (exact) mass is 410 g/mol. The number of nitrogens with zero attached hydrogens (tertiary/aromatic N) is 1. The van der Waals surface area contributed by atoms with Gasteiger partial charge in [0.05, 0.1) is 12.6 Å². The molecule has 1 unspecified atom stereocenters. The molecule has 7 nitrogen and oxygen atoms in total. The van der Waals surface area contributed by atoms with Gasteiger partial charge in [0.2, 0.25) is 11.8 Å². The minimum atomic E-state index is -0.593. The summed E-state index contributed by atoms with van der Waals surface area (Å²) in [7, 11) is 0. The first kappa shape index (κ1) is 23.1. The first-order valence-electron chi connectivity index (χ1n) is 10.1. The number of imide groups is 1. The minimum Gasteiger partial charge on any atom is -0.325 e. The summed E-state index contributed by atoms with van der Waals surface area (Å²) in [5, 5.41) is 7.88. The van der Waals surface area contributed by atoms with E-state index in [1.165, 1.54) is 0 Å². The average molecular weight is 411 g/mol. The van der Waals surface area contributed by atoms with E-state index in [-0.39, 0.29) is 12.5 Å². The van der Waals surface area contributed by atoms with Gasteiger partial charge in [-0.25, -0.2) is 4.79 Å². The lowest BCUT2D eigenvalue weighted by molar-refractivity contribution is -0.124. The van der Waals surface area contributed by atoms with Crippen molar-refractivity contribution in [3.05, 3.63) is 59.7 Å². The fraction of sp³-hybridized carbons (Fsp3) is 0.348. The summed E-state index contributed by atoms with van der Waals surface area (Å²) in [5.74, 6) is -0.674. The van der Waals surface area contributed by atoms with E-state index < -0.39 is 18.0 Å². The van der Waals surface area contributed by atoms with Gasteiger partial charge >= 0.3 is 6.03 Å². The van der Waals surface area contributed by atoms with Crippen LogP contribution in [-0.4, -0.2) is 41.9 Å². The van der Waals surface area contributed by atoms with Crippen LogP contribution in [-0.2, 0) is 9.59 Å². The van der Waals surface area contributed by atoms with Crippen LogP contribution in [0.15, 0.2) is 48.5 Å². The number of nitrogens with one attached hydrogen (secondary N) is 3. The van der Waals surface area contributed by atoms with Crippen molar-refractivity contribution >= 4 is 29.2 Å². The van der Waals surface area contributed by atoms with Gasteiger partial charge in [0.25, 0.3) is 0 Å². The Kier molecular flexibility index (Phi) is 8.55. The third-order valence-electron chi connectivity index (χ3n) is 4.71. The van der Waals surface area contributed by atoms with Crippen molar-refractivity contribution in [1.82, 2.24) is 10.2 Å². The molecule has 0 saturated heterocycles. The maximum absolute atomic E-state index is 12.6. The van der Waals surface area contributed by atoms with Gasteiger partial charge in [-0.2, -0.15) is 0 Å². The van der Waals surface area contributed by atoms with Crippen LogP contribution in [0.4, 0.5) is 16.2 Å². The van der Waals surface area contributed by atoms with Crippen LogP contribution in [0.2, 0.25) is 0 Å². The van der Waals surface area contributed by atoms with Gasteiger partial charge in [0, 0.05) is 11.4 Å². The lowest BCUT2D eigenvalue weighted by Crippen LogP contribution is -2.48. The number of aryl methyl sites for hydroxylation is 2. The largest absolute Gasteiger partial charge is 0.325 e. The van der Waals surface area contributed by atoms with Crippen molar-refractivity contribution in [3.8, 4) is 0 Å². The molecule has 2 aromatic carbocycles. The highest BCUT2D eigenvalue weighted by atomic mass is 16.2. The summed E-state index contributed by atoms with van der Waals surface area (Å²) in [6.07, 6.45) is 0.769. The molecule has 30 heavy (non-hydrogen) atoms. The molecule has 0 spiro atoms. The number of para-hydroxylation sites is 1. The molecule has 0 radical (unpaired) electrons. The predicted octanol–water partition coefficient (Wildman–Crippen LogP) is 3.69. The maximum Gasteiger partial charge on any atom is 0.325 e. The molecule has 0 aliphatic rings. The third kappa shape index (κ3) is 7.00. The Balaban J connectivity index is 1.93. The summed E-state index contributed by atoms with van der Waals surface area (Å²) in [6, 6.07) is 13.7. The van der Waals surface area contributed by atoms with Gasteiger partial charge in [0.1, 0.15) is 0 Å². The number of carbonyl (C=O) groups is 3. The number of anilines is 2. The number of hydrogen-bond acceptors (Lipinski definition) is 4. The Hall–Kier alpha value is -3.19. The first-order valence-corrected chi connectivity index (χ1v) is 10.1. The molecule has 0 fully saturated rings. The van der Waals surface area contributed by atoms with Crippen LogP contribution < -0.4 is 16.0 Å². The summed E-state index contributed by atoms with van der Waals surface area (Å²) >= 11 is 0. The van der Waals surface area contributed by atoms with Gasteiger partial charge in [0.15, 0.2) is 0 Å². The second-order valence-corrected chi connectivity index (χ2v) is 7.32. The highest BCUT2D eigenvalue weighted by molar-refractivity contribution is 6.02. The molecule has 160 valence electrons. The Morgan fingerprint density at radius 1 is 1.00 bits per heavy atom. The molecule has 0 aliphatic heterocycles. The molecular formula is C23H30N4O3. The number of amides is 4. The van der Waals surface area contributed by atoms with E-state index in [1.807, 2.05) is 51.1 Å². The van der Waals surface area contributed by atoms with E-state index in [0.717, 1.165) is 17.5 Å². The standard InChI is InChI=1S/C23H30N4O3/c1-5-13-27(18(4)22(29)24-19-9-7-6-8-10-19)15-21(28)26-23(30)25-20-12-11-16(2)14-17(20)3/h6-12,14,18H,5,13,15H2,1-4H3,(H,24,29)(H2,25,26,28,30). The van der Waals surface area contributed by atoms with Crippen molar-refractivity contribution in [3.63, 3.8) is 0 Å². The average Bonchev–Trinajstić information content (AvgIpc) is 2.70. The zero-order valence-electron chi connectivity index (χ0n) is 18.0. The summed E-state index contributed by atoms with van der Waals surface area (Å²) in [5.41, 5.74) is 3.35.